The third kappa shape index (κ3) is 8.85. The molecule has 1 aliphatic carbocycles. The van der Waals surface area contributed by atoms with Crippen molar-refractivity contribution >= 4 is 5.71 Å². The largest absolute Gasteiger partial charge is 0.507 e. The summed E-state index contributed by atoms with van der Waals surface area (Å²) in [6, 6.07) is 6.20. The zero-order valence-electron chi connectivity index (χ0n) is 21.6. The van der Waals surface area contributed by atoms with Crippen LogP contribution in [0.5, 0.6) is 5.75 Å². The highest BCUT2D eigenvalue weighted by Gasteiger charge is 2.27. The molecule has 3 aliphatic rings. The Kier molecular flexibility index (Phi) is 11.5. The average molecular weight is 453 g/mol. The number of phenols is 1. The Labute approximate surface area is 202 Å². The molecule has 2 aliphatic heterocycles. The van der Waals surface area contributed by atoms with Crippen LogP contribution in [0.15, 0.2) is 53.8 Å². The van der Waals surface area contributed by atoms with Gasteiger partial charge in [0.25, 0.3) is 0 Å². The first-order valence-electron chi connectivity index (χ1n) is 12.9. The maximum atomic E-state index is 10.7. The van der Waals surface area contributed by atoms with Gasteiger partial charge in [0.2, 0.25) is 5.71 Å². The number of phenolic OH excluding ortho intramolecular Hbond substituents is 1. The Hall–Kier alpha value is -2.33. The lowest BCUT2D eigenvalue weighted by molar-refractivity contribution is -0.516. The first-order chi connectivity index (χ1) is 16.0. The molecule has 4 nitrogen and oxygen atoms in total. The highest BCUT2D eigenvalue weighted by atomic mass is 16.3. The highest BCUT2D eigenvalue weighted by Crippen LogP contribution is 2.41. The van der Waals surface area contributed by atoms with Crippen LogP contribution in [0.2, 0.25) is 0 Å². The molecule has 4 heteroatoms. The van der Waals surface area contributed by atoms with Gasteiger partial charge in [-0.25, -0.2) is 4.58 Å². The van der Waals surface area contributed by atoms with Gasteiger partial charge in [-0.2, -0.15) is 0 Å². The van der Waals surface area contributed by atoms with E-state index in [0.717, 1.165) is 42.1 Å². The Balaban J connectivity index is 0.000000362. The number of benzene rings is 1. The number of aromatic hydroxyl groups is 1. The fourth-order valence-corrected chi connectivity index (χ4v) is 4.27. The van der Waals surface area contributed by atoms with Crippen molar-refractivity contribution < 1.29 is 9.68 Å². The molecule has 182 valence electrons. The first kappa shape index (κ1) is 26.9. The molecule has 0 aromatic heterocycles. The molecule has 0 bridgehead atoms. The molecule has 0 atom stereocenters. The van der Waals surface area contributed by atoms with Crippen LogP contribution in [0.3, 0.4) is 0 Å². The molecule has 33 heavy (non-hydrogen) atoms. The van der Waals surface area contributed by atoms with Crippen LogP contribution in [0, 0.1) is 0 Å². The van der Waals surface area contributed by atoms with Crippen molar-refractivity contribution in [1.29, 1.82) is 0 Å². The molecule has 0 unspecified atom stereocenters. The van der Waals surface area contributed by atoms with Crippen molar-refractivity contribution in [3.8, 4) is 5.75 Å². The van der Waals surface area contributed by atoms with Gasteiger partial charge in [0, 0.05) is 17.7 Å². The van der Waals surface area contributed by atoms with Gasteiger partial charge in [-0.1, -0.05) is 44.6 Å². The average Bonchev–Trinajstić information content (AvgIpc) is 3.64. The number of hydrogen-bond acceptors (Lipinski definition) is 3. The third-order valence-electron chi connectivity index (χ3n) is 6.28. The minimum absolute atomic E-state index is 0.380. The van der Waals surface area contributed by atoms with Crippen LogP contribution in [-0.4, -0.2) is 53.5 Å². The second-order valence-electron chi connectivity index (χ2n) is 9.22. The lowest BCUT2D eigenvalue weighted by atomic mass is 9.97. The van der Waals surface area contributed by atoms with Crippen LogP contribution in [0.1, 0.15) is 83.3 Å². The van der Waals surface area contributed by atoms with Crippen LogP contribution < -0.4 is 5.73 Å². The van der Waals surface area contributed by atoms with Crippen molar-refractivity contribution in [2.45, 2.75) is 72.1 Å². The molecule has 4 rings (SSSR count). The smallest absolute Gasteiger partial charge is 0.214 e. The quantitative estimate of drug-likeness (QED) is 0.554. The fourth-order valence-electron chi connectivity index (χ4n) is 4.27. The topological polar surface area (TPSA) is 52.5 Å². The molecule has 3 N–H and O–H groups in total. The predicted octanol–water partition coefficient (Wildman–Crippen LogP) is 5.97. The van der Waals surface area contributed by atoms with E-state index in [0.29, 0.717) is 11.7 Å². The molecular weight excluding hydrogens is 406 g/mol. The maximum absolute atomic E-state index is 10.7. The second-order valence-corrected chi connectivity index (χ2v) is 9.22. The SMILES string of the molecule is C/C(N)=C\C[N+]1=C(c2ccc(C3CC3)cc2O)/C(C)=C/C=C\CC1.CC.CN1CCCCC1. The predicted molar refractivity (Wildman–Crippen MR) is 142 cm³/mol. The Morgan fingerprint density at radius 2 is 1.88 bits per heavy atom. The summed E-state index contributed by atoms with van der Waals surface area (Å²) >= 11 is 0. The summed E-state index contributed by atoms with van der Waals surface area (Å²) in [5.74, 6) is 1.02. The minimum atomic E-state index is 0.380. The van der Waals surface area contributed by atoms with Gasteiger partial charge < -0.3 is 15.7 Å². The van der Waals surface area contributed by atoms with E-state index >= 15 is 0 Å². The van der Waals surface area contributed by atoms with Crippen molar-refractivity contribution in [2.75, 3.05) is 33.2 Å². The molecule has 2 heterocycles. The molecule has 1 aromatic rings. The highest BCUT2D eigenvalue weighted by molar-refractivity contribution is 6.11. The van der Waals surface area contributed by atoms with Gasteiger partial charge in [0.05, 0.1) is 5.56 Å². The summed E-state index contributed by atoms with van der Waals surface area (Å²) in [6.07, 6.45) is 16.2. The van der Waals surface area contributed by atoms with Crippen molar-refractivity contribution in [2.24, 2.45) is 5.73 Å². The lowest BCUT2D eigenvalue weighted by Crippen LogP contribution is -2.26. The van der Waals surface area contributed by atoms with E-state index < -0.39 is 0 Å². The standard InChI is InChI=1S/C21H26N2O.C6H13N.C2H6/c1-15-6-4-3-5-12-23(13-11-16(2)22)21(15)19-10-9-18(14-20(19)24)17-7-8-17;1-7-5-3-2-4-6-7;1-2/h3-4,6,9-11,14,17H,5,7-8,12-13,22H2,1-2H3;2-6H2,1H3;1-2H3/p+1/b4-3-,15-6+,16-11+;;. The number of allylic oxidation sites excluding steroid dienone is 4. The Morgan fingerprint density at radius 1 is 1.18 bits per heavy atom. The Morgan fingerprint density at radius 3 is 2.42 bits per heavy atom. The van der Waals surface area contributed by atoms with E-state index in [1.165, 1.54) is 50.8 Å². The van der Waals surface area contributed by atoms with Crippen LogP contribution in [0.4, 0.5) is 0 Å². The third-order valence-corrected chi connectivity index (χ3v) is 6.28. The van der Waals surface area contributed by atoms with E-state index in [1.54, 1.807) is 0 Å². The number of nitrogens with two attached hydrogens (primary N) is 1. The number of piperidine rings is 1. The van der Waals surface area contributed by atoms with Gasteiger partial charge in [-0.15, -0.1) is 0 Å². The van der Waals surface area contributed by atoms with E-state index in [-0.39, 0.29) is 0 Å². The second kappa shape index (κ2) is 14.0. The van der Waals surface area contributed by atoms with Crippen molar-refractivity contribution in [1.82, 2.24) is 4.90 Å². The number of nitrogens with zero attached hydrogens (tertiary/aromatic N) is 2. The van der Waals surface area contributed by atoms with Gasteiger partial charge in [0.1, 0.15) is 12.3 Å². The summed E-state index contributed by atoms with van der Waals surface area (Å²) in [7, 11) is 2.19. The van der Waals surface area contributed by atoms with Crippen LogP contribution >= 0.6 is 0 Å². The molecule has 1 saturated heterocycles. The molecule has 0 spiro atoms. The summed E-state index contributed by atoms with van der Waals surface area (Å²) in [5, 5.41) is 10.7. The van der Waals surface area contributed by atoms with Crippen molar-refractivity contribution in [3.05, 3.63) is 64.9 Å². The normalized spacial score (nSPS) is 22.0. The summed E-state index contributed by atoms with van der Waals surface area (Å²) < 4.78 is 2.30. The molecule has 1 aromatic carbocycles. The maximum Gasteiger partial charge on any atom is 0.214 e. The van der Waals surface area contributed by atoms with E-state index in [4.69, 9.17) is 5.73 Å². The van der Waals surface area contributed by atoms with Gasteiger partial charge in [0.15, 0.2) is 6.54 Å². The lowest BCUT2D eigenvalue weighted by Gasteiger charge is -2.20. The summed E-state index contributed by atoms with van der Waals surface area (Å²) in [4.78, 5) is 2.39. The zero-order chi connectivity index (χ0) is 24.2. The van der Waals surface area contributed by atoms with E-state index in [1.807, 2.05) is 32.9 Å². The van der Waals surface area contributed by atoms with Gasteiger partial charge in [-0.05, 0) is 89.4 Å². The van der Waals surface area contributed by atoms with Gasteiger partial charge >= 0.3 is 0 Å². The van der Waals surface area contributed by atoms with E-state index in [2.05, 4.69) is 53.8 Å². The van der Waals surface area contributed by atoms with Crippen LogP contribution in [0.25, 0.3) is 0 Å². The number of rotatable bonds is 4. The molecule has 2 fully saturated rings. The molecule has 0 radical (unpaired) electrons. The van der Waals surface area contributed by atoms with E-state index in [9.17, 15) is 5.11 Å². The summed E-state index contributed by atoms with van der Waals surface area (Å²) in [6.45, 7) is 12.3. The van der Waals surface area contributed by atoms with Crippen molar-refractivity contribution in [3.63, 3.8) is 0 Å². The Bertz CT molecular complexity index is 865. The minimum Gasteiger partial charge on any atom is -0.507 e. The molecule has 0 amide bonds. The monoisotopic (exact) mass is 452 g/mol. The van der Waals surface area contributed by atoms with Crippen LogP contribution in [-0.2, 0) is 0 Å². The fraction of sp³-hybridized carbons (Fsp3) is 0.552. The van der Waals surface area contributed by atoms with Gasteiger partial charge in [-0.3, -0.25) is 0 Å². The molecule has 1 saturated carbocycles. The molecular formula is C29H46N3O+. The number of likely N-dealkylation sites (tertiary alicyclic amines) is 1. The first-order valence-corrected chi connectivity index (χ1v) is 12.9. The zero-order valence-corrected chi connectivity index (χ0v) is 21.6. The summed E-state index contributed by atoms with van der Waals surface area (Å²) in [5.41, 5.74) is 11.1. The number of hydrogen-bond donors (Lipinski definition) is 2.